The van der Waals surface area contributed by atoms with Crippen molar-refractivity contribution in [1.82, 2.24) is 4.98 Å². The number of para-hydroxylation sites is 1. The first-order valence-corrected chi connectivity index (χ1v) is 10.2. The molecule has 0 bridgehead atoms. The second-order valence-corrected chi connectivity index (χ2v) is 2.83. The van der Waals surface area contributed by atoms with E-state index in [2.05, 4.69) is 9.42 Å². The molecule has 0 fully saturated rings. The van der Waals surface area contributed by atoms with Crippen molar-refractivity contribution in [2.45, 2.75) is 4.43 Å². The summed E-state index contributed by atoms with van der Waals surface area (Å²) in [6.07, 6.45) is 0. The van der Waals surface area contributed by atoms with Crippen LogP contribution in [-0.4, -0.2) is 16.1 Å². The number of phenolic OH excluding ortho intramolecular Hbond substituents is 1. The van der Waals surface area contributed by atoms with E-state index in [1.54, 1.807) is 18.2 Å². The predicted octanol–water partition coefficient (Wildman–Crippen LogP) is 0.885. The SMILES string of the molecule is O=C([O-])c1ccc2cccc(O)c2n1.[CH3][Hg+]. The topological polar surface area (TPSA) is 73.2 Å². The molecule has 0 radical (unpaired) electrons. The molecule has 4 nitrogen and oxygen atoms in total. The van der Waals surface area contributed by atoms with Gasteiger partial charge in [0, 0.05) is 5.39 Å². The Balaban J connectivity index is 0.000000606. The summed E-state index contributed by atoms with van der Waals surface area (Å²) in [6, 6.07) is 7.78. The Kier molecular flexibility index (Phi) is 4.67. The molecule has 1 heterocycles. The zero-order valence-electron chi connectivity index (χ0n) is 8.80. The van der Waals surface area contributed by atoms with E-state index in [1.165, 1.54) is 12.1 Å². The minimum atomic E-state index is -1.35. The van der Waals surface area contributed by atoms with E-state index >= 15 is 0 Å². The van der Waals surface area contributed by atoms with E-state index in [-0.39, 0.29) is 17.0 Å². The molecule has 16 heavy (non-hydrogen) atoms. The van der Waals surface area contributed by atoms with Gasteiger partial charge in [0.2, 0.25) is 0 Å². The number of aromatic nitrogens is 1. The summed E-state index contributed by atoms with van der Waals surface area (Å²) >= 11 is 1.03. The molecule has 2 aromatic rings. The van der Waals surface area contributed by atoms with Gasteiger partial charge < -0.3 is 15.0 Å². The number of carbonyl (C=O) groups is 1. The molecule has 0 saturated carbocycles. The van der Waals surface area contributed by atoms with Crippen molar-refractivity contribution in [3.63, 3.8) is 0 Å². The van der Waals surface area contributed by atoms with Gasteiger partial charge in [0.1, 0.15) is 11.3 Å². The number of rotatable bonds is 1. The summed E-state index contributed by atoms with van der Waals surface area (Å²) < 4.78 is 2.19. The summed E-state index contributed by atoms with van der Waals surface area (Å²) in [6.45, 7) is 0. The Hall–Kier alpha value is -1.16. The molecule has 0 atom stereocenters. The van der Waals surface area contributed by atoms with Crippen molar-refractivity contribution in [2.24, 2.45) is 0 Å². The van der Waals surface area contributed by atoms with Gasteiger partial charge >= 0.3 is 30.6 Å². The van der Waals surface area contributed by atoms with Gasteiger partial charge in [0.05, 0.1) is 11.7 Å². The van der Waals surface area contributed by atoms with Crippen molar-refractivity contribution in [2.75, 3.05) is 0 Å². The van der Waals surface area contributed by atoms with E-state index in [4.69, 9.17) is 0 Å². The number of hydrogen-bond acceptors (Lipinski definition) is 4. The molecule has 0 aliphatic heterocycles. The zero-order chi connectivity index (χ0) is 12.1. The van der Waals surface area contributed by atoms with Gasteiger partial charge in [-0.1, -0.05) is 18.2 Å². The third-order valence-electron chi connectivity index (χ3n) is 1.91. The molecule has 1 N–H and O–H groups in total. The number of benzene rings is 1. The van der Waals surface area contributed by atoms with Gasteiger partial charge in [-0.2, -0.15) is 0 Å². The molecule has 1 aromatic carbocycles. The molecule has 1 aromatic heterocycles. The first-order chi connectivity index (χ1) is 7.68. The second kappa shape index (κ2) is 5.79. The number of nitrogens with zero attached hydrogens (tertiary/aromatic N) is 1. The van der Waals surface area contributed by atoms with E-state index in [1.807, 2.05) is 0 Å². The van der Waals surface area contributed by atoms with E-state index in [0.717, 1.165) is 26.1 Å². The van der Waals surface area contributed by atoms with Gasteiger partial charge in [0.15, 0.2) is 0 Å². The third kappa shape index (κ3) is 2.69. The Bertz CT molecular complexity index is 514. The van der Waals surface area contributed by atoms with Crippen LogP contribution in [0.2, 0.25) is 4.43 Å². The van der Waals surface area contributed by atoms with Gasteiger partial charge in [-0.05, 0) is 12.1 Å². The van der Waals surface area contributed by atoms with Crippen LogP contribution < -0.4 is 5.11 Å². The quantitative estimate of drug-likeness (QED) is 0.718. The van der Waals surface area contributed by atoms with E-state index in [0.29, 0.717) is 5.39 Å². The Morgan fingerprint density at radius 1 is 1.31 bits per heavy atom. The fourth-order valence-electron chi connectivity index (χ4n) is 1.25. The number of pyridine rings is 1. The van der Waals surface area contributed by atoms with Gasteiger partial charge in [-0.3, -0.25) is 0 Å². The number of carboxylic acids is 1. The summed E-state index contributed by atoms with van der Waals surface area (Å²) in [7, 11) is 0. The molecule has 78 valence electrons. The van der Waals surface area contributed by atoms with Gasteiger partial charge in [0.25, 0.3) is 0 Å². The summed E-state index contributed by atoms with van der Waals surface area (Å²) in [4.78, 5) is 14.3. The van der Waals surface area contributed by atoms with Crippen molar-refractivity contribution >= 4 is 16.9 Å². The van der Waals surface area contributed by atoms with Crippen LogP contribution in [0.5, 0.6) is 5.75 Å². The summed E-state index contributed by atoms with van der Waals surface area (Å²) in [5.74, 6) is -1.39. The normalized spacial score (nSPS) is 9.44. The van der Waals surface area contributed by atoms with Crippen LogP contribution in [0.4, 0.5) is 0 Å². The molecule has 0 unspecified atom stereocenters. The zero-order valence-corrected chi connectivity index (χ0v) is 14.3. The molecule has 5 heteroatoms. The number of carbonyl (C=O) groups excluding carboxylic acids is 1. The van der Waals surface area contributed by atoms with Crippen LogP contribution in [-0.2, 0) is 26.1 Å². The number of carboxylic acid groups (broad SMARTS) is 1. The average molecular weight is 404 g/mol. The number of aromatic carboxylic acids is 1. The van der Waals surface area contributed by atoms with Gasteiger partial charge in [-0.25, -0.2) is 4.98 Å². The molecule has 0 aliphatic carbocycles. The number of aromatic hydroxyl groups is 1. The van der Waals surface area contributed by atoms with Gasteiger partial charge in [-0.15, -0.1) is 0 Å². The molecular weight excluding hydrogens is 395 g/mol. The predicted molar refractivity (Wildman–Crippen MR) is 53.6 cm³/mol. The molecule has 0 amide bonds. The summed E-state index contributed by atoms with van der Waals surface area (Å²) in [5.41, 5.74) is 0.0909. The Morgan fingerprint density at radius 3 is 2.62 bits per heavy atom. The second-order valence-electron chi connectivity index (χ2n) is 2.83. The number of fused-ring (bicyclic) bond motifs is 1. The molecule has 0 spiro atoms. The van der Waals surface area contributed by atoms with Crippen molar-refractivity contribution in [1.29, 1.82) is 0 Å². The minimum absolute atomic E-state index is 0.0365. The van der Waals surface area contributed by atoms with Crippen LogP contribution >= 0.6 is 0 Å². The maximum absolute atomic E-state index is 10.5. The molecule has 2 rings (SSSR count). The molecule has 0 aliphatic rings. The van der Waals surface area contributed by atoms with Crippen molar-refractivity contribution < 1.29 is 41.1 Å². The molecule has 0 saturated heterocycles. The Morgan fingerprint density at radius 2 is 2.00 bits per heavy atom. The van der Waals surface area contributed by atoms with Crippen LogP contribution in [0.3, 0.4) is 0 Å². The Labute approximate surface area is 109 Å². The maximum atomic E-state index is 10.5. The van der Waals surface area contributed by atoms with Crippen LogP contribution in [0.15, 0.2) is 30.3 Å². The first-order valence-electron chi connectivity index (χ1n) is 4.69. The molecular formula is C11H9HgNO3. The number of hydrogen-bond donors (Lipinski definition) is 1. The third-order valence-corrected chi connectivity index (χ3v) is 1.91. The monoisotopic (exact) mass is 405 g/mol. The standard InChI is InChI=1S/C10H7NO3.CH3.Hg/c12-8-3-1-2-6-4-5-7(10(13)14)11-9(6)8;;/h1-5,12H,(H,13,14);1H3;/q;;+1/p-1. The van der Waals surface area contributed by atoms with E-state index < -0.39 is 5.97 Å². The van der Waals surface area contributed by atoms with Crippen molar-refractivity contribution in [3.8, 4) is 5.75 Å². The van der Waals surface area contributed by atoms with Crippen LogP contribution in [0.1, 0.15) is 10.5 Å². The average Bonchev–Trinajstić information content (AvgIpc) is 2.32. The first kappa shape index (κ1) is 12.9. The summed E-state index contributed by atoms with van der Waals surface area (Å²) in [5, 5.41) is 20.6. The van der Waals surface area contributed by atoms with Crippen molar-refractivity contribution in [3.05, 3.63) is 36.0 Å². The van der Waals surface area contributed by atoms with E-state index in [9.17, 15) is 15.0 Å². The fourth-order valence-corrected chi connectivity index (χ4v) is 1.25. The van der Waals surface area contributed by atoms with Crippen LogP contribution in [0, 0.1) is 0 Å². The van der Waals surface area contributed by atoms with Crippen LogP contribution in [0.25, 0.3) is 10.9 Å². The fraction of sp³-hybridized carbons (Fsp3) is 0.0909. The number of phenols is 1.